The van der Waals surface area contributed by atoms with E-state index in [9.17, 15) is 48.6 Å². The molecule has 0 saturated heterocycles. The van der Waals surface area contributed by atoms with Crippen LogP contribution >= 0.6 is 11.8 Å². The van der Waals surface area contributed by atoms with E-state index in [2.05, 4.69) is 51.1 Å². The van der Waals surface area contributed by atoms with Crippen LogP contribution in [-0.2, 0) is 38.3 Å². The van der Waals surface area contributed by atoms with Gasteiger partial charge in [-0.25, -0.2) is 9.59 Å². The van der Waals surface area contributed by atoms with Gasteiger partial charge in [0.05, 0.1) is 13.2 Å². The summed E-state index contributed by atoms with van der Waals surface area (Å²) in [6.07, 6.45) is 33.2. The molecule has 0 aromatic rings. The van der Waals surface area contributed by atoms with Crippen molar-refractivity contribution < 1.29 is 53.3 Å². The van der Waals surface area contributed by atoms with Crippen LogP contribution in [0.15, 0.2) is 0 Å². The molecule has 0 aliphatic carbocycles. The molecule has 17 N–H and O–H groups in total. The minimum Gasteiger partial charge on any atom is -0.480 e. The Hall–Kier alpha value is -4.29. The minimum absolute atomic E-state index is 0.0678. The van der Waals surface area contributed by atoms with Gasteiger partial charge >= 0.3 is 12.1 Å². The molecule has 0 radical (unpaired) electrons. The maximum atomic E-state index is 14.2. The summed E-state index contributed by atoms with van der Waals surface area (Å²) in [6, 6.07) is -7.56. The van der Waals surface area contributed by atoms with Crippen LogP contribution in [0.25, 0.3) is 0 Å². The Balaban J connectivity index is 5.97. The Morgan fingerprint density at radius 2 is 0.721 bits per heavy atom. The fraction of sp³-hybridized carbons (Fsp3) is 0.873. The molecule has 0 aliphatic rings. The molecule has 0 aliphatic heterocycles. The molecule has 6 atom stereocenters. The molecule has 0 fully saturated rings. The number of carbonyl (C=O) groups excluding carboxylic acids is 7. The molecule has 7 amide bonds. The average molecular weight is 1240 g/mol. The Morgan fingerprint density at radius 3 is 1.09 bits per heavy atom. The third kappa shape index (κ3) is 45.9. The number of alkyl carbamates (subject to hydrolysis) is 1. The van der Waals surface area contributed by atoms with E-state index < -0.39 is 84.5 Å². The Kier molecular flexibility index (Phi) is 55.5. The summed E-state index contributed by atoms with van der Waals surface area (Å²) in [4.78, 5) is 108. The molecule has 22 nitrogen and oxygen atoms in total. The van der Waals surface area contributed by atoms with Gasteiger partial charge in [-0.15, -0.1) is 0 Å². The summed E-state index contributed by atoms with van der Waals surface area (Å²) in [6.45, 7) is 5.42. The first kappa shape index (κ1) is 81.7. The van der Waals surface area contributed by atoms with Crippen molar-refractivity contribution in [3.63, 3.8) is 0 Å². The van der Waals surface area contributed by atoms with Crippen molar-refractivity contribution in [2.45, 2.75) is 294 Å². The van der Waals surface area contributed by atoms with Crippen LogP contribution in [0.5, 0.6) is 0 Å². The fourth-order valence-electron chi connectivity index (χ4n) is 9.93. The Bertz CT molecular complexity index is 1760. The second-order valence-electron chi connectivity index (χ2n) is 23.1. The highest BCUT2D eigenvalue weighted by molar-refractivity contribution is 7.99. The van der Waals surface area contributed by atoms with Gasteiger partial charge in [0.2, 0.25) is 35.4 Å². The number of carboxylic acid groups (broad SMARTS) is 1. The number of unbranched alkanes of at least 4 members (excludes halogenated alkanes) is 27. The lowest BCUT2D eigenvalue weighted by Gasteiger charge is -2.27. The molecule has 0 unspecified atom stereocenters. The number of aliphatic hydroxyl groups is 1. The van der Waals surface area contributed by atoms with Gasteiger partial charge in [-0.3, -0.25) is 28.8 Å². The van der Waals surface area contributed by atoms with Gasteiger partial charge in [0.1, 0.15) is 36.3 Å². The number of aliphatic carboxylic acids is 1. The van der Waals surface area contributed by atoms with E-state index in [4.69, 9.17) is 27.7 Å². The standard InChI is InChI=1S/C63H123N11O11S/c1-3-5-7-9-11-13-15-17-18-20-22-24-26-40-56(76)69-55(49-86-47-45-68-63(84)85-46-35-25-23-21-19-16-14-12-10-8-6-4-2)61(81)74-54(48-75)60(80)72-51(37-28-32-42-65)58(78)70-50(36-27-31-41-64)57(77)71-52(38-29-33-43-66)59(79)73-53(62(82)83)39-30-34-44-67/h50-55,75H,3-49,64-67H2,1-2H3,(H,68,84)(H,69,76)(H,70,78)(H,71,77)(H,72,80)(H,73,79)(H,74,81)(H,82,83)/t50-,51-,52-,53-,54+,55+/m0/s1. The highest BCUT2D eigenvalue weighted by Crippen LogP contribution is 2.16. The van der Waals surface area contributed by atoms with Crippen molar-refractivity contribution in [2.75, 3.05) is 57.4 Å². The number of carbonyl (C=O) groups is 8. The molecule has 86 heavy (non-hydrogen) atoms. The van der Waals surface area contributed by atoms with Gasteiger partial charge in [-0.05, 0) is 116 Å². The smallest absolute Gasteiger partial charge is 0.407 e. The quantitative estimate of drug-likeness (QED) is 0.0269. The number of nitrogens with two attached hydrogens (primary N) is 4. The van der Waals surface area contributed by atoms with Gasteiger partial charge in [0.25, 0.3) is 0 Å². The molecule has 0 spiro atoms. The van der Waals surface area contributed by atoms with Crippen molar-refractivity contribution in [3.8, 4) is 0 Å². The first-order chi connectivity index (χ1) is 41.7. The molecule has 0 heterocycles. The first-order valence-electron chi connectivity index (χ1n) is 33.7. The first-order valence-corrected chi connectivity index (χ1v) is 34.8. The van der Waals surface area contributed by atoms with Crippen LogP contribution in [0, 0.1) is 0 Å². The second-order valence-corrected chi connectivity index (χ2v) is 24.3. The Morgan fingerprint density at radius 1 is 0.395 bits per heavy atom. The number of hydrogen-bond acceptors (Lipinski definition) is 15. The predicted octanol–water partition coefficient (Wildman–Crippen LogP) is 7.13. The van der Waals surface area contributed by atoms with Gasteiger partial charge in [-0.1, -0.05) is 162 Å². The van der Waals surface area contributed by atoms with E-state index in [1.807, 2.05) is 0 Å². The largest absolute Gasteiger partial charge is 0.480 e. The van der Waals surface area contributed by atoms with Crippen LogP contribution in [0.2, 0.25) is 0 Å². The SMILES string of the molecule is CCCCCCCCCCCCCCCC(=O)N[C@H](CSCCNC(=O)OCCCCCCCCCCCCCC)C(=O)N[C@H](CO)C(=O)N[C@@H](CCCCN)C(=O)N[C@@H](CCCCN)C(=O)N[C@@H](CCCCN)C(=O)N[C@@H](CCCCN)C(=O)O. The fourth-order valence-corrected chi connectivity index (χ4v) is 10.8. The number of nitrogens with one attached hydrogen (secondary N) is 7. The van der Waals surface area contributed by atoms with Crippen LogP contribution in [-0.4, -0.2) is 151 Å². The van der Waals surface area contributed by atoms with E-state index in [-0.39, 0.29) is 56.9 Å². The van der Waals surface area contributed by atoms with E-state index in [1.165, 1.54) is 121 Å². The number of thioether (sulfide) groups is 1. The summed E-state index contributed by atoms with van der Waals surface area (Å²) >= 11 is 1.30. The molecule has 0 aromatic carbocycles. The number of aliphatic hydroxyl groups excluding tert-OH is 1. The average Bonchev–Trinajstić information content (AvgIpc) is 3.65. The van der Waals surface area contributed by atoms with Crippen LogP contribution in [0.4, 0.5) is 4.79 Å². The van der Waals surface area contributed by atoms with Gasteiger partial charge in [0, 0.05) is 24.5 Å². The number of hydrogen-bond donors (Lipinski definition) is 13. The Labute approximate surface area is 522 Å². The van der Waals surface area contributed by atoms with Gasteiger partial charge in [0.15, 0.2) is 0 Å². The number of amides is 7. The maximum Gasteiger partial charge on any atom is 0.407 e. The highest BCUT2D eigenvalue weighted by Gasteiger charge is 2.33. The van der Waals surface area contributed by atoms with Crippen LogP contribution in [0.3, 0.4) is 0 Å². The lowest BCUT2D eigenvalue weighted by atomic mass is 10.0. The van der Waals surface area contributed by atoms with E-state index in [1.54, 1.807) is 0 Å². The van der Waals surface area contributed by atoms with Gasteiger partial charge in [-0.2, -0.15) is 11.8 Å². The number of ether oxygens (including phenoxy) is 1. The van der Waals surface area contributed by atoms with Gasteiger partial charge < -0.3 is 75.1 Å². The zero-order valence-electron chi connectivity index (χ0n) is 53.5. The molecule has 0 rings (SSSR count). The van der Waals surface area contributed by atoms with Crippen molar-refractivity contribution in [1.29, 1.82) is 0 Å². The van der Waals surface area contributed by atoms with E-state index >= 15 is 0 Å². The molecule has 0 bridgehead atoms. The minimum atomic E-state index is -1.55. The third-order valence-corrected chi connectivity index (χ3v) is 16.4. The zero-order valence-corrected chi connectivity index (χ0v) is 54.3. The van der Waals surface area contributed by atoms with Crippen LogP contribution in [0.1, 0.15) is 258 Å². The molecule has 0 aromatic heterocycles. The highest BCUT2D eigenvalue weighted by atomic mass is 32.2. The number of rotatable bonds is 61. The normalized spacial score (nSPS) is 13.3. The van der Waals surface area contributed by atoms with Crippen molar-refractivity contribution in [3.05, 3.63) is 0 Å². The summed E-state index contributed by atoms with van der Waals surface area (Å²) < 4.78 is 5.38. The zero-order chi connectivity index (χ0) is 63.7. The van der Waals surface area contributed by atoms with Crippen molar-refractivity contribution in [2.24, 2.45) is 22.9 Å². The third-order valence-electron chi connectivity index (χ3n) is 15.3. The molecular formula is C63H123N11O11S. The molecule has 502 valence electrons. The molecular weight excluding hydrogens is 1120 g/mol. The lowest BCUT2D eigenvalue weighted by Crippen LogP contribution is -2.60. The van der Waals surface area contributed by atoms with Crippen LogP contribution < -0.4 is 60.2 Å². The topological polar surface area (TPSA) is 375 Å². The second kappa shape index (κ2) is 58.4. The van der Waals surface area contributed by atoms with E-state index in [0.29, 0.717) is 89.8 Å². The molecule has 0 saturated carbocycles. The molecule has 23 heteroatoms. The number of carboxylic acids is 1. The maximum absolute atomic E-state index is 14.2. The summed E-state index contributed by atoms with van der Waals surface area (Å²) in [7, 11) is 0. The predicted molar refractivity (Wildman–Crippen MR) is 346 cm³/mol. The monoisotopic (exact) mass is 1240 g/mol. The van der Waals surface area contributed by atoms with E-state index in [0.717, 1.165) is 44.9 Å². The summed E-state index contributed by atoms with van der Waals surface area (Å²) in [5, 5.41) is 39.1. The summed E-state index contributed by atoms with van der Waals surface area (Å²) in [5.41, 5.74) is 22.9. The lowest BCUT2D eigenvalue weighted by molar-refractivity contribution is -0.142. The van der Waals surface area contributed by atoms with Crippen molar-refractivity contribution >= 4 is 59.3 Å². The van der Waals surface area contributed by atoms with Crippen molar-refractivity contribution in [1.82, 2.24) is 37.2 Å². The summed E-state index contributed by atoms with van der Waals surface area (Å²) in [5.74, 6) is -4.94.